The molecule has 2 aliphatic rings. The first-order valence-corrected chi connectivity index (χ1v) is 7.92. The fraction of sp³-hybridized carbons (Fsp3) is 0.357. The van der Waals surface area contributed by atoms with Crippen LogP contribution in [0.15, 0.2) is 23.1 Å². The minimum Gasteiger partial charge on any atom is -0.463 e. The van der Waals surface area contributed by atoms with Gasteiger partial charge in [0.05, 0.1) is 24.0 Å². The van der Waals surface area contributed by atoms with E-state index in [2.05, 4.69) is 5.32 Å². The lowest BCUT2D eigenvalue weighted by Crippen LogP contribution is -2.33. The number of cyclic esters (lactones) is 1. The Morgan fingerprint density at radius 3 is 3.00 bits per heavy atom. The lowest BCUT2D eigenvalue weighted by molar-refractivity contribution is -0.160. The molecule has 2 atom stereocenters. The van der Waals surface area contributed by atoms with Crippen molar-refractivity contribution >= 4 is 46.9 Å². The maximum atomic E-state index is 12.0. The predicted molar refractivity (Wildman–Crippen MR) is 79.8 cm³/mol. The van der Waals surface area contributed by atoms with Crippen molar-refractivity contribution in [3.63, 3.8) is 0 Å². The molecule has 1 saturated heterocycles. The van der Waals surface area contributed by atoms with Crippen LogP contribution in [0.1, 0.15) is 12.8 Å². The van der Waals surface area contributed by atoms with Gasteiger partial charge in [-0.25, -0.2) is 4.79 Å². The highest BCUT2D eigenvalue weighted by Crippen LogP contribution is 2.38. The maximum absolute atomic E-state index is 12.0. The molecule has 1 amide bonds. The third-order valence-electron chi connectivity index (χ3n) is 3.27. The first-order valence-electron chi connectivity index (χ1n) is 6.66. The normalized spacial score (nSPS) is 23.5. The molecule has 0 aromatic heterocycles. The smallest absolute Gasteiger partial charge is 0.347 e. The Morgan fingerprint density at radius 2 is 2.27 bits per heavy atom. The zero-order valence-corrected chi connectivity index (χ0v) is 12.9. The van der Waals surface area contributed by atoms with Crippen LogP contribution in [-0.4, -0.2) is 35.8 Å². The van der Waals surface area contributed by atoms with Crippen LogP contribution in [0.5, 0.6) is 0 Å². The standard InChI is InChI=1S/C14H12ClNO5S/c15-7-1-2-10-8(5-7)16-13(18)11(22-10)6-12(17)21-9-3-4-20-14(9)19/h1-2,5,9,11H,3-4,6H2,(H,16,18). The summed E-state index contributed by atoms with van der Waals surface area (Å²) in [5.41, 5.74) is 0.631. The van der Waals surface area contributed by atoms with Gasteiger partial charge in [-0.15, -0.1) is 11.8 Å². The summed E-state index contributed by atoms with van der Waals surface area (Å²) in [6, 6.07) is 5.16. The number of ether oxygens (including phenoxy) is 2. The molecule has 0 aliphatic carbocycles. The van der Waals surface area contributed by atoms with Gasteiger partial charge in [0.1, 0.15) is 0 Å². The highest BCUT2D eigenvalue weighted by atomic mass is 35.5. The molecular weight excluding hydrogens is 330 g/mol. The number of carbonyl (C=O) groups excluding carboxylic acids is 3. The molecule has 22 heavy (non-hydrogen) atoms. The number of benzene rings is 1. The molecule has 116 valence electrons. The number of hydrogen-bond acceptors (Lipinski definition) is 6. The van der Waals surface area contributed by atoms with Gasteiger partial charge < -0.3 is 14.8 Å². The van der Waals surface area contributed by atoms with E-state index in [0.717, 1.165) is 4.90 Å². The summed E-state index contributed by atoms with van der Waals surface area (Å²) < 4.78 is 9.78. The number of anilines is 1. The minimum atomic E-state index is -0.852. The number of esters is 2. The molecule has 3 rings (SSSR count). The first kappa shape index (κ1) is 15.2. The number of thioether (sulfide) groups is 1. The monoisotopic (exact) mass is 341 g/mol. The van der Waals surface area contributed by atoms with Crippen molar-refractivity contribution < 1.29 is 23.9 Å². The zero-order chi connectivity index (χ0) is 15.7. The van der Waals surface area contributed by atoms with Crippen molar-refractivity contribution in [1.82, 2.24) is 0 Å². The number of rotatable bonds is 3. The van der Waals surface area contributed by atoms with E-state index in [0.29, 0.717) is 17.1 Å². The van der Waals surface area contributed by atoms with Crippen molar-refractivity contribution in [2.45, 2.75) is 29.1 Å². The number of amides is 1. The van der Waals surface area contributed by atoms with Crippen LogP contribution in [-0.2, 0) is 23.9 Å². The molecule has 2 unspecified atom stereocenters. The van der Waals surface area contributed by atoms with Crippen LogP contribution >= 0.6 is 23.4 Å². The van der Waals surface area contributed by atoms with Gasteiger partial charge in [0, 0.05) is 16.3 Å². The van der Waals surface area contributed by atoms with Crippen molar-refractivity contribution in [2.75, 3.05) is 11.9 Å². The van der Waals surface area contributed by atoms with Gasteiger partial charge in [-0.3, -0.25) is 9.59 Å². The van der Waals surface area contributed by atoms with E-state index in [1.54, 1.807) is 18.2 Å². The van der Waals surface area contributed by atoms with Crippen molar-refractivity contribution in [3.8, 4) is 0 Å². The molecular formula is C14H12ClNO5S. The molecule has 2 heterocycles. The van der Waals surface area contributed by atoms with E-state index < -0.39 is 23.3 Å². The fourth-order valence-electron chi connectivity index (χ4n) is 2.20. The van der Waals surface area contributed by atoms with Gasteiger partial charge >= 0.3 is 11.9 Å². The van der Waals surface area contributed by atoms with Crippen molar-refractivity contribution in [3.05, 3.63) is 23.2 Å². The maximum Gasteiger partial charge on any atom is 0.347 e. The summed E-state index contributed by atoms with van der Waals surface area (Å²) in [6.07, 6.45) is -0.603. The van der Waals surface area contributed by atoms with Gasteiger partial charge in [-0.05, 0) is 18.2 Å². The molecule has 1 aromatic rings. The third kappa shape index (κ3) is 3.20. The van der Waals surface area contributed by atoms with Crippen molar-refractivity contribution in [1.29, 1.82) is 0 Å². The highest BCUT2D eigenvalue weighted by Gasteiger charge is 2.34. The van der Waals surface area contributed by atoms with Gasteiger partial charge in [-0.2, -0.15) is 0 Å². The molecule has 1 N–H and O–H groups in total. The number of hydrogen-bond donors (Lipinski definition) is 1. The van der Waals surface area contributed by atoms with E-state index in [-0.39, 0.29) is 18.9 Å². The molecule has 8 heteroatoms. The van der Waals surface area contributed by atoms with E-state index in [9.17, 15) is 14.4 Å². The van der Waals surface area contributed by atoms with E-state index in [1.165, 1.54) is 11.8 Å². The van der Waals surface area contributed by atoms with E-state index >= 15 is 0 Å². The molecule has 0 saturated carbocycles. The molecule has 0 spiro atoms. The van der Waals surface area contributed by atoms with Gasteiger partial charge in [0.2, 0.25) is 12.0 Å². The largest absolute Gasteiger partial charge is 0.463 e. The summed E-state index contributed by atoms with van der Waals surface area (Å²) in [7, 11) is 0. The predicted octanol–water partition coefficient (Wildman–Crippen LogP) is 2.00. The molecule has 1 fully saturated rings. The summed E-state index contributed by atoms with van der Waals surface area (Å²) in [5, 5.41) is 2.64. The van der Waals surface area contributed by atoms with Crippen LogP contribution in [0.4, 0.5) is 5.69 Å². The number of halogens is 1. The van der Waals surface area contributed by atoms with Gasteiger partial charge in [0.25, 0.3) is 0 Å². The molecule has 0 radical (unpaired) electrons. The summed E-state index contributed by atoms with van der Waals surface area (Å²) in [5.74, 6) is -1.41. The van der Waals surface area contributed by atoms with Gasteiger partial charge in [-0.1, -0.05) is 11.6 Å². The van der Waals surface area contributed by atoms with Crippen LogP contribution in [0.3, 0.4) is 0 Å². The molecule has 6 nitrogen and oxygen atoms in total. The Hall–Kier alpha value is -1.73. The quantitative estimate of drug-likeness (QED) is 0.847. The van der Waals surface area contributed by atoms with Crippen LogP contribution in [0, 0.1) is 0 Å². The van der Waals surface area contributed by atoms with E-state index in [1.807, 2.05) is 0 Å². The second-order valence-corrected chi connectivity index (χ2v) is 6.56. The Bertz CT molecular complexity index is 650. The molecule has 2 aliphatic heterocycles. The van der Waals surface area contributed by atoms with E-state index in [4.69, 9.17) is 21.1 Å². The SMILES string of the molecule is O=C(CC1Sc2ccc(Cl)cc2NC1=O)OC1CCOC1=O. The minimum absolute atomic E-state index is 0.109. The summed E-state index contributed by atoms with van der Waals surface area (Å²) in [6.45, 7) is 0.254. The number of fused-ring (bicyclic) bond motifs is 1. The Balaban J connectivity index is 1.63. The van der Waals surface area contributed by atoms with Gasteiger partial charge in [0.15, 0.2) is 0 Å². The second kappa shape index (κ2) is 6.18. The first-order chi connectivity index (χ1) is 10.5. The summed E-state index contributed by atoms with van der Waals surface area (Å²) >= 11 is 7.15. The van der Waals surface area contributed by atoms with Crippen LogP contribution in [0.25, 0.3) is 0 Å². The molecule has 0 bridgehead atoms. The zero-order valence-electron chi connectivity index (χ0n) is 11.3. The molecule has 1 aromatic carbocycles. The topological polar surface area (TPSA) is 81.7 Å². The highest BCUT2D eigenvalue weighted by molar-refractivity contribution is 8.01. The van der Waals surface area contributed by atoms with Crippen LogP contribution < -0.4 is 5.32 Å². The third-order valence-corrected chi connectivity index (χ3v) is 4.78. The average Bonchev–Trinajstić information content (AvgIpc) is 2.85. The Morgan fingerprint density at radius 1 is 1.45 bits per heavy atom. The lowest BCUT2D eigenvalue weighted by atomic mass is 10.2. The van der Waals surface area contributed by atoms with Crippen LogP contribution in [0.2, 0.25) is 5.02 Å². The average molecular weight is 342 g/mol. The number of carbonyl (C=O) groups is 3. The van der Waals surface area contributed by atoms with Crippen molar-refractivity contribution in [2.24, 2.45) is 0 Å². The Kier molecular flexibility index (Phi) is 4.26. The lowest BCUT2D eigenvalue weighted by Gasteiger charge is -2.23. The fourth-order valence-corrected chi connectivity index (χ4v) is 3.45. The second-order valence-electron chi connectivity index (χ2n) is 4.88. The number of nitrogens with one attached hydrogen (secondary N) is 1. The Labute approximate surface area is 135 Å². The summed E-state index contributed by atoms with van der Waals surface area (Å²) in [4.78, 5) is 36.0.